The van der Waals surface area contributed by atoms with E-state index in [4.69, 9.17) is 9.47 Å². The average Bonchev–Trinajstić information content (AvgIpc) is 3.27. The Hall–Kier alpha value is -3.88. The maximum Gasteiger partial charge on any atom is 0.413 e. The number of halogens is 1. The van der Waals surface area contributed by atoms with E-state index in [0.717, 1.165) is 16.5 Å². The van der Waals surface area contributed by atoms with Gasteiger partial charge >= 0.3 is 6.09 Å². The normalized spacial score (nSPS) is 10.9. The molecule has 0 fully saturated rings. The van der Waals surface area contributed by atoms with Crippen molar-refractivity contribution in [1.82, 2.24) is 19.6 Å². The lowest BCUT2D eigenvalue weighted by Crippen LogP contribution is -2.15. The smallest absolute Gasteiger partial charge is 0.413 e. The van der Waals surface area contributed by atoms with Gasteiger partial charge in [-0.25, -0.2) is 9.18 Å². The van der Waals surface area contributed by atoms with Gasteiger partial charge in [-0.1, -0.05) is 6.07 Å². The van der Waals surface area contributed by atoms with Crippen LogP contribution in [0.1, 0.15) is 5.56 Å². The second kappa shape index (κ2) is 7.86. The summed E-state index contributed by atoms with van der Waals surface area (Å²) in [6.45, 7) is 0.118. The lowest BCUT2D eigenvalue weighted by Gasteiger charge is -2.07. The molecule has 0 bridgehead atoms. The van der Waals surface area contributed by atoms with Crippen LogP contribution in [0.3, 0.4) is 0 Å². The van der Waals surface area contributed by atoms with Crippen LogP contribution in [-0.2, 0) is 25.4 Å². The number of carbonyl (C=O) groups is 1. The van der Waals surface area contributed by atoms with Gasteiger partial charge in [0.05, 0.1) is 18.3 Å². The van der Waals surface area contributed by atoms with Crippen LogP contribution >= 0.6 is 0 Å². The van der Waals surface area contributed by atoms with Crippen LogP contribution in [0.25, 0.3) is 22.2 Å². The maximum atomic E-state index is 13.4. The number of ether oxygens (including phenoxy) is 2. The van der Waals surface area contributed by atoms with Gasteiger partial charge < -0.3 is 9.47 Å². The summed E-state index contributed by atoms with van der Waals surface area (Å²) in [5.74, 6) is 0.384. The van der Waals surface area contributed by atoms with Gasteiger partial charge in [-0.15, -0.1) is 0 Å². The molecule has 1 amide bonds. The Bertz CT molecular complexity index is 1230. The van der Waals surface area contributed by atoms with Gasteiger partial charge in [0, 0.05) is 43.4 Å². The van der Waals surface area contributed by atoms with Crippen molar-refractivity contribution in [2.45, 2.75) is 6.61 Å². The molecule has 2 aromatic carbocycles. The highest BCUT2D eigenvalue weighted by atomic mass is 19.1. The molecule has 30 heavy (non-hydrogen) atoms. The number of carbonyl (C=O) groups excluding carboxylic acids is 1. The first-order chi connectivity index (χ1) is 14.4. The molecule has 154 valence electrons. The first-order valence-corrected chi connectivity index (χ1v) is 9.17. The van der Waals surface area contributed by atoms with Gasteiger partial charge in [0.2, 0.25) is 0 Å². The largest absolute Gasteiger partial charge is 0.496 e. The fraction of sp³-hybridized carbons (Fsp3) is 0.190. The van der Waals surface area contributed by atoms with E-state index in [1.165, 1.54) is 23.9 Å². The molecule has 0 saturated heterocycles. The molecule has 0 aliphatic rings. The Kier molecular flexibility index (Phi) is 5.09. The summed E-state index contributed by atoms with van der Waals surface area (Å²) in [6.07, 6.45) is 1.29. The van der Waals surface area contributed by atoms with E-state index < -0.39 is 11.9 Å². The van der Waals surface area contributed by atoms with E-state index in [1.807, 2.05) is 31.4 Å². The first kappa shape index (κ1) is 19.4. The molecule has 0 atom stereocenters. The third-order valence-electron chi connectivity index (χ3n) is 4.60. The highest BCUT2D eigenvalue weighted by Gasteiger charge is 2.15. The van der Waals surface area contributed by atoms with Gasteiger partial charge in [-0.3, -0.25) is 14.7 Å². The van der Waals surface area contributed by atoms with Crippen molar-refractivity contribution in [3.63, 3.8) is 0 Å². The van der Waals surface area contributed by atoms with Crippen molar-refractivity contribution in [1.29, 1.82) is 0 Å². The first-order valence-electron chi connectivity index (χ1n) is 9.17. The average molecular weight is 409 g/mol. The molecule has 0 spiro atoms. The van der Waals surface area contributed by atoms with E-state index >= 15 is 0 Å². The molecule has 0 aliphatic carbocycles. The summed E-state index contributed by atoms with van der Waals surface area (Å²) in [5.41, 5.74) is 2.88. The summed E-state index contributed by atoms with van der Waals surface area (Å²) in [6, 6.07) is 11.5. The molecule has 0 saturated carbocycles. The van der Waals surface area contributed by atoms with Crippen LogP contribution < -0.4 is 10.1 Å². The van der Waals surface area contributed by atoms with E-state index in [0.29, 0.717) is 22.8 Å². The summed E-state index contributed by atoms with van der Waals surface area (Å²) in [4.78, 5) is 12.3. The summed E-state index contributed by atoms with van der Waals surface area (Å²) in [7, 11) is 5.00. The summed E-state index contributed by atoms with van der Waals surface area (Å²) >= 11 is 0. The lowest BCUT2D eigenvalue weighted by molar-refractivity contribution is 0.155. The van der Waals surface area contributed by atoms with Crippen LogP contribution in [0.5, 0.6) is 5.75 Å². The molecule has 9 heteroatoms. The summed E-state index contributed by atoms with van der Waals surface area (Å²) < 4.78 is 27.2. The number of hydrogen-bond acceptors (Lipinski definition) is 5. The van der Waals surface area contributed by atoms with Crippen LogP contribution in [0, 0.1) is 5.82 Å². The SMILES string of the molecule is COc1cc(F)ccc1-c1cc(NC(=O)OCc2ccc3nn(C)cc3c2)n(C)n1. The number of nitrogens with one attached hydrogen (secondary N) is 1. The van der Waals surface area contributed by atoms with Gasteiger partial charge in [-0.2, -0.15) is 10.2 Å². The highest BCUT2D eigenvalue weighted by Crippen LogP contribution is 2.31. The standard InChI is InChI=1S/C21H20FN5O3/c1-26-11-14-8-13(4-7-17(14)24-26)12-30-21(28)23-20-10-18(25-27(20)2)16-6-5-15(22)9-19(16)29-3/h4-11H,12H2,1-3H3,(H,23,28). The monoisotopic (exact) mass is 409 g/mol. The third-order valence-corrected chi connectivity index (χ3v) is 4.60. The molecule has 4 rings (SSSR count). The maximum absolute atomic E-state index is 13.4. The predicted molar refractivity (Wildman–Crippen MR) is 110 cm³/mol. The number of hydrogen-bond donors (Lipinski definition) is 1. The second-order valence-corrected chi connectivity index (χ2v) is 6.78. The minimum absolute atomic E-state index is 0.118. The molecule has 0 unspecified atom stereocenters. The fourth-order valence-electron chi connectivity index (χ4n) is 3.17. The lowest BCUT2D eigenvalue weighted by atomic mass is 10.1. The number of methoxy groups -OCH3 is 1. The molecule has 8 nitrogen and oxygen atoms in total. The molecule has 1 N–H and O–H groups in total. The Morgan fingerprint density at radius 1 is 1.13 bits per heavy atom. The Labute approximate surface area is 171 Å². The van der Waals surface area contributed by atoms with Crippen molar-refractivity contribution in [2.75, 3.05) is 12.4 Å². The van der Waals surface area contributed by atoms with Gasteiger partial charge in [-0.05, 0) is 29.8 Å². The number of anilines is 1. The molecular formula is C21H20FN5O3. The van der Waals surface area contributed by atoms with Crippen LogP contribution in [0.2, 0.25) is 0 Å². The topological polar surface area (TPSA) is 83.2 Å². The summed E-state index contributed by atoms with van der Waals surface area (Å²) in [5, 5.41) is 12.3. The number of amides is 1. The zero-order valence-electron chi connectivity index (χ0n) is 16.7. The Morgan fingerprint density at radius 2 is 1.97 bits per heavy atom. The van der Waals surface area contributed by atoms with Crippen molar-refractivity contribution >= 4 is 22.8 Å². The van der Waals surface area contributed by atoms with Gasteiger partial charge in [0.1, 0.15) is 24.0 Å². The fourth-order valence-corrected chi connectivity index (χ4v) is 3.17. The number of rotatable bonds is 5. The number of aromatic nitrogens is 4. The minimum atomic E-state index is -0.609. The van der Waals surface area contributed by atoms with E-state index in [1.54, 1.807) is 23.9 Å². The molecule has 2 aromatic heterocycles. The van der Waals surface area contributed by atoms with Crippen molar-refractivity contribution in [2.24, 2.45) is 14.1 Å². The van der Waals surface area contributed by atoms with Crippen molar-refractivity contribution < 1.29 is 18.7 Å². The molecule has 0 radical (unpaired) electrons. The highest BCUT2D eigenvalue weighted by molar-refractivity contribution is 5.85. The van der Waals surface area contributed by atoms with Crippen LogP contribution in [-0.4, -0.2) is 32.8 Å². The number of benzene rings is 2. The zero-order chi connectivity index (χ0) is 21.3. The van der Waals surface area contributed by atoms with E-state index in [2.05, 4.69) is 15.5 Å². The second-order valence-electron chi connectivity index (χ2n) is 6.78. The van der Waals surface area contributed by atoms with Crippen molar-refractivity contribution in [3.8, 4) is 17.0 Å². The number of nitrogens with zero attached hydrogens (tertiary/aromatic N) is 4. The van der Waals surface area contributed by atoms with E-state index in [9.17, 15) is 9.18 Å². The molecule has 4 aromatic rings. The Morgan fingerprint density at radius 3 is 2.77 bits per heavy atom. The van der Waals surface area contributed by atoms with Gasteiger partial charge in [0.15, 0.2) is 0 Å². The third kappa shape index (κ3) is 3.95. The van der Waals surface area contributed by atoms with E-state index in [-0.39, 0.29) is 6.61 Å². The van der Waals surface area contributed by atoms with Crippen molar-refractivity contribution in [3.05, 3.63) is 60.0 Å². The minimum Gasteiger partial charge on any atom is -0.496 e. The molecule has 2 heterocycles. The predicted octanol–water partition coefficient (Wildman–Crippen LogP) is 3.87. The molecular weight excluding hydrogens is 389 g/mol. The number of aryl methyl sites for hydroxylation is 2. The number of fused-ring (bicyclic) bond motifs is 1. The zero-order valence-corrected chi connectivity index (χ0v) is 16.7. The van der Waals surface area contributed by atoms with Crippen LogP contribution in [0.4, 0.5) is 15.0 Å². The van der Waals surface area contributed by atoms with Gasteiger partial charge in [0.25, 0.3) is 0 Å². The Balaban J connectivity index is 1.44. The quantitative estimate of drug-likeness (QED) is 0.541. The molecule has 0 aliphatic heterocycles. The van der Waals surface area contributed by atoms with Crippen LogP contribution in [0.15, 0.2) is 48.7 Å².